The summed E-state index contributed by atoms with van der Waals surface area (Å²) < 4.78 is 1.37. The highest BCUT2D eigenvalue weighted by Gasteiger charge is 2.36. The zero-order chi connectivity index (χ0) is 29.0. The van der Waals surface area contributed by atoms with E-state index in [0.717, 1.165) is 0 Å². The molecular weight excluding hydrogens is 482 g/mol. The Hall–Kier alpha value is -0.820. The van der Waals surface area contributed by atoms with Crippen LogP contribution in [-0.4, -0.2) is 24.1 Å². The van der Waals surface area contributed by atoms with Gasteiger partial charge in [0.2, 0.25) is 0 Å². The second-order valence-corrected chi connectivity index (χ2v) is 13.2. The number of unbranched alkanes of at least 4 members (excludes halogenated alkanes) is 20. The van der Waals surface area contributed by atoms with Crippen molar-refractivity contribution in [3.05, 3.63) is 35.9 Å². The second kappa shape index (κ2) is 27.0. The number of hydrogen-bond donors (Lipinski definition) is 0. The minimum Gasteiger partial charge on any atom is -0.317 e. The topological polar surface area (TPSA) is 0 Å². The van der Waals surface area contributed by atoms with Crippen molar-refractivity contribution in [1.29, 1.82) is 0 Å². The van der Waals surface area contributed by atoms with Gasteiger partial charge in [0, 0.05) is 12.0 Å². The van der Waals surface area contributed by atoms with Gasteiger partial charge in [-0.1, -0.05) is 167 Å². The van der Waals surface area contributed by atoms with Gasteiger partial charge in [0.05, 0.1) is 19.6 Å². The van der Waals surface area contributed by atoms with E-state index in [0.29, 0.717) is 6.04 Å². The van der Waals surface area contributed by atoms with Crippen molar-refractivity contribution in [3.63, 3.8) is 0 Å². The molecule has 1 nitrogen and oxygen atoms in total. The van der Waals surface area contributed by atoms with E-state index in [4.69, 9.17) is 0 Å². The molecule has 1 aromatic carbocycles. The molecule has 0 heterocycles. The molecule has 1 unspecified atom stereocenters. The molecule has 0 fully saturated rings. The molecule has 0 N–H and O–H groups in total. The lowest BCUT2D eigenvalue weighted by Gasteiger charge is -2.46. The van der Waals surface area contributed by atoms with E-state index in [1.165, 1.54) is 185 Å². The summed E-state index contributed by atoms with van der Waals surface area (Å²) in [5, 5.41) is 0. The van der Waals surface area contributed by atoms with Gasteiger partial charge in [0.25, 0.3) is 0 Å². The summed E-state index contributed by atoms with van der Waals surface area (Å²) in [5.41, 5.74) is 1.63. The van der Waals surface area contributed by atoms with E-state index in [9.17, 15) is 0 Å². The van der Waals surface area contributed by atoms with Gasteiger partial charge in [-0.25, -0.2) is 0 Å². The first-order valence-corrected chi connectivity index (χ1v) is 18.6. The molecule has 1 rings (SSSR count). The van der Waals surface area contributed by atoms with Gasteiger partial charge in [-0.2, -0.15) is 0 Å². The molecule has 0 saturated heterocycles. The molecule has 0 spiro atoms. The van der Waals surface area contributed by atoms with Crippen LogP contribution in [0.1, 0.15) is 200 Å². The molecule has 0 aliphatic carbocycles. The van der Waals surface area contributed by atoms with Crippen molar-refractivity contribution in [2.24, 2.45) is 0 Å². The van der Waals surface area contributed by atoms with E-state index in [1.807, 2.05) is 0 Å². The van der Waals surface area contributed by atoms with Crippen LogP contribution in [0.3, 0.4) is 0 Å². The Kier molecular flexibility index (Phi) is 25.2. The Morgan fingerprint density at radius 2 is 0.725 bits per heavy atom. The predicted molar refractivity (Wildman–Crippen MR) is 182 cm³/mol. The summed E-state index contributed by atoms with van der Waals surface area (Å²) >= 11 is 0. The molecule has 0 radical (unpaired) electrons. The summed E-state index contributed by atoms with van der Waals surface area (Å²) in [5.74, 6) is 0. The molecule has 0 saturated carbocycles. The van der Waals surface area contributed by atoms with Crippen molar-refractivity contribution in [2.45, 2.75) is 194 Å². The van der Waals surface area contributed by atoms with Gasteiger partial charge in [-0.3, -0.25) is 0 Å². The van der Waals surface area contributed by atoms with Gasteiger partial charge in [0.15, 0.2) is 0 Å². The lowest BCUT2D eigenvalue weighted by molar-refractivity contribution is -0.958. The van der Waals surface area contributed by atoms with Crippen LogP contribution >= 0.6 is 0 Å². The Morgan fingerprint density at radius 3 is 1.10 bits per heavy atom. The summed E-state index contributed by atoms with van der Waals surface area (Å²) in [4.78, 5) is 0. The molecule has 0 aliphatic heterocycles. The largest absolute Gasteiger partial charge is 0.317 e. The molecule has 1 aromatic rings. The quantitative estimate of drug-likeness (QED) is 0.0653. The van der Waals surface area contributed by atoms with E-state index in [1.54, 1.807) is 5.56 Å². The maximum absolute atomic E-state index is 2.47. The van der Waals surface area contributed by atoms with Gasteiger partial charge >= 0.3 is 0 Å². The molecule has 1 atom stereocenters. The first-order chi connectivity index (χ1) is 19.7. The molecule has 0 amide bonds. The third kappa shape index (κ3) is 17.9. The molecule has 0 bridgehead atoms. The first-order valence-electron chi connectivity index (χ1n) is 18.6. The van der Waals surface area contributed by atoms with Gasteiger partial charge in [0.1, 0.15) is 6.04 Å². The van der Waals surface area contributed by atoms with E-state index in [-0.39, 0.29) is 0 Å². The summed E-state index contributed by atoms with van der Waals surface area (Å²) in [7, 11) is 0. The summed E-state index contributed by atoms with van der Waals surface area (Å²) in [6, 6.07) is 12.5. The van der Waals surface area contributed by atoms with Crippen LogP contribution in [-0.2, 0) is 0 Å². The second-order valence-electron chi connectivity index (χ2n) is 13.2. The fraction of sp³-hybridized carbons (Fsp3) is 0.846. The number of rotatable bonds is 30. The molecule has 40 heavy (non-hydrogen) atoms. The Balaban J connectivity index is 2.83. The standard InChI is InChI=1S/C39H74N/c1-5-9-13-17-18-19-20-21-22-23-24-28-34-39(38-32-26-25-27-33-38)40(35-29-14-10-6-2,36-30-15-11-7-3)37-31-16-12-8-4/h25-27,32-33,39H,5-24,28-31,34-37H2,1-4H3/q+1. The monoisotopic (exact) mass is 557 g/mol. The molecule has 0 aromatic heterocycles. The van der Waals surface area contributed by atoms with Crippen LogP contribution in [0.15, 0.2) is 30.3 Å². The zero-order valence-electron chi connectivity index (χ0n) is 28.2. The molecule has 234 valence electrons. The normalized spacial score (nSPS) is 12.7. The average molecular weight is 557 g/mol. The highest BCUT2D eigenvalue weighted by Crippen LogP contribution is 2.36. The number of quaternary nitrogens is 1. The fourth-order valence-electron chi connectivity index (χ4n) is 6.97. The third-order valence-electron chi connectivity index (χ3n) is 9.55. The highest BCUT2D eigenvalue weighted by molar-refractivity contribution is 5.17. The Morgan fingerprint density at radius 1 is 0.400 bits per heavy atom. The van der Waals surface area contributed by atoms with E-state index < -0.39 is 0 Å². The van der Waals surface area contributed by atoms with Crippen molar-refractivity contribution >= 4 is 0 Å². The summed E-state index contributed by atoms with van der Waals surface area (Å²) in [6.07, 6.45) is 35.4. The van der Waals surface area contributed by atoms with Gasteiger partial charge in [-0.15, -0.1) is 0 Å². The van der Waals surface area contributed by atoms with Crippen LogP contribution in [0.4, 0.5) is 0 Å². The van der Waals surface area contributed by atoms with Gasteiger partial charge in [-0.05, 0) is 44.9 Å². The number of hydrogen-bond acceptors (Lipinski definition) is 0. The zero-order valence-corrected chi connectivity index (χ0v) is 28.2. The van der Waals surface area contributed by atoms with Crippen LogP contribution < -0.4 is 0 Å². The fourth-order valence-corrected chi connectivity index (χ4v) is 6.97. The van der Waals surface area contributed by atoms with E-state index >= 15 is 0 Å². The molecular formula is C39H74N+. The lowest BCUT2D eigenvalue weighted by Crippen LogP contribution is -2.52. The number of nitrogens with zero attached hydrogens (tertiary/aromatic N) is 1. The maximum atomic E-state index is 2.47. The smallest absolute Gasteiger partial charge is 0.115 e. The Bertz CT molecular complexity index is 592. The summed E-state index contributed by atoms with van der Waals surface area (Å²) in [6.45, 7) is 13.6. The van der Waals surface area contributed by atoms with Crippen LogP contribution in [0.2, 0.25) is 0 Å². The molecule has 0 aliphatic rings. The minimum atomic E-state index is 0.689. The first kappa shape index (κ1) is 37.2. The average Bonchev–Trinajstić information content (AvgIpc) is 2.98. The Labute approximate surface area is 253 Å². The van der Waals surface area contributed by atoms with Crippen LogP contribution in [0, 0.1) is 0 Å². The van der Waals surface area contributed by atoms with E-state index in [2.05, 4.69) is 58.0 Å². The predicted octanol–water partition coefficient (Wildman–Crippen LogP) is 13.4. The maximum Gasteiger partial charge on any atom is 0.115 e. The van der Waals surface area contributed by atoms with Crippen molar-refractivity contribution in [3.8, 4) is 0 Å². The number of benzene rings is 1. The molecule has 1 heteroatoms. The lowest BCUT2D eigenvalue weighted by atomic mass is 9.93. The van der Waals surface area contributed by atoms with Crippen molar-refractivity contribution in [2.75, 3.05) is 19.6 Å². The minimum absolute atomic E-state index is 0.689. The highest BCUT2D eigenvalue weighted by atomic mass is 15.4. The van der Waals surface area contributed by atoms with Gasteiger partial charge < -0.3 is 4.48 Å². The van der Waals surface area contributed by atoms with Crippen molar-refractivity contribution in [1.82, 2.24) is 0 Å². The van der Waals surface area contributed by atoms with Crippen LogP contribution in [0.5, 0.6) is 0 Å². The van der Waals surface area contributed by atoms with Crippen molar-refractivity contribution < 1.29 is 4.48 Å². The SMILES string of the molecule is CCCCCCCCCCCCCCC(c1ccccc1)[N+](CCCCCC)(CCCCCC)CCCCCC. The third-order valence-corrected chi connectivity index (χ3v) is 9.55. The van der Waals surface area contributed by atoms with Crippen LogP contribution in [0.25, 0.3) is 0 Å².